The van der Waals surface area contributed by atoms with Crippen molar-refractivity contribution < 1.29 is 29.6 Å². The highest BCUT2D eigenvalue weighted by atomic mass is 16.5. The predicted octanol–water partition coefficient (Wildman–Crippen LogP) is -1.42. The molecule has 0 aromatic carbocycles. The Balaban J connectivity index is 0.000000387. The van der Waals surface area contributed by atoms with E-state index in [9.17, 15) is 14.7 Å². The first-order valence-electron chi connectivity index (χ1n) is 9.27. The largest absolute Gasteiger partial charge is 0.478 e. The molecule has 10 heteroatoms. The van der Waals surface area contributed by atoms with Gasteiger partial charge in [-0.05, 0) is 19.4 Å². The molecule has 27 heavy (non-hydrogen) atoms. The molecule has 2 saturated heterocycles. The number of aliphatic hydroxyl groups is 1. The smallest absolute Gasteiger partial charge is 0.328 e. The van der Waals surface area contributed by atoms with Gasteiger partial charge in [0.25, 0.3) is 0 Å². The number of likely N-dealkylation sites (tertiary alicyclic amines) is 1. The first-order chi connectivity index (χ1) is 13.0. The van der Waals surface area contributed by atoms with Crippen molar-refractivity contribution in [2.24, 2.45) is 0 Å². The Morgan fingerprint density at radius 3 is 2.04 bits per heavy atom. The van der Waals surface area contributed by atoms with Gasteiger partial charge in [0.1, 0.15) is 0 Å². The van der Waals surface area contributed by atoms with E-state index in [1.165, 1.54) is 0 Å². The molecule has 0 saturated carbocycles. The van der Waals surface area contributed by atoms with Gasteiger partial charge in [0.15, 0.2) is 0 Å². The van der Waals surface area contributed by atoms with Crippen LogP contribution in [-0.4, -0.2) is 109 Å². The number of carbonyl (C=O) groups is 2. The first kappa shape index (κ1) is 23.5. The molecule has 2 heterocycles. The summed E-state index contributed by atoms with van der Waals surface area (Å²) in [4.78, 5) is 23.8. The Morgan fingerprint density at radius 1 is 0.963 bits per heavy atom. The quantitative estimate of drug-likeness (QED) is 0.182. The lowest BCUT2D eigenvalue weighted by Gasteiger charge is -2.30. The van der Waals surface area contributed by atoms with Crippen molar-refractivity contribution in [3.05, 3.63) is 12.2 Å². The van der Waals surface area contributed by atoms with Gasteiger partial charge in [-0.25, -0.2) is 9.59 Å². The zero-order valence-corrected chi connectivity index (χ0v) is 15.7. The third kappa shape index (κ3) is 13.3. The van der Waals surface area contributed by atoms with Crippen LogP contribution in [0.5, 0.6) is 0 Å². The number of piperidine rings is 1. The van der Waals surface area contributed by atoms with Crippen LogP contribution < -0.4 is 10.9 Å². The third-order valence-electron chi connectivity index (χ3n) is 4.18. The summed E-state index contributed by atoms with van der Waals surface area (Å²) in [6.07, 6.45) is 3.07. The number of nitrogens with zero attached hydrogens (tertiary/aromatic N) is 2. The lowest BCUT2D eigenvalue weighted by Crippen LogP contribution is -2.46. The van der Waals surface area contributed by atoms with Crippen LogP contribution >= 0.6 is 0 Å². The van der Waals surface area contributed by atoms with E-state index in [2.05, 4.69) is 20.7 Å². The van der Waals surface area contributed by atoms with E-state index in [0.717, 1.165) is 78.4 Å². The van der Waals surface area contributed by atoms with E-state index in [1.807, 2.05) is 0 Å². The number of morpholine rings is 1. The molecule has 0 aromatic heterocycles. The Hall–Kier alpha value is -1.56. The van der Waals surface area contributed by atoms with Crippen molar-refractivity contribution in [3.63, 3.8) is 0 Å². The van der Waals surface area contributed by atoms with Crippen LogP contribution in [0.25, 0.3) is 0 Å². The fraction of sp³-hybridized carbons (Fsp3) is 0.765. The fourth-order valence-corrected chi connectivity index (χ4v) is 2.81. The zero-order valence-electron chi connectivity index (χ0n) is 15.7. The maximum absolute atomic E-state index is 9.57. The van der Waals surface area contributed by atoms with Crippen LogP contribution in [0.3, 0.4) is 0 Å². The topological polar surface area (TPSA) is 135 Å². The molecule has 0 amide bonds. The molecule has 0 radical (unpaired) electrons. The van der Waals surface area contributed by atoms with E-state index in [4.69, 9.17) is 14.9 Å². The monoisotopic (exact) mass is 388 g/mol. The van der Waals surface area contributed by atoms with E-state index >= 15 is 0 Å². The van der Waals surface area contributed by atoms with Gasteiger partial charge in [0, 0.05) is 58.0 Å². The highest BCUT2D eigenvalue weighted by molar-refractivity contribution is 5.89. The number of rotatable bonds is 9. The third-order valence-corrected chi connectivity index (χ3v) is 4.18. The number of carboxylic acid groups (broad SMARTS) is 2. The molecule has 5 N–H and O–H groups in total. The van der Waals surface area contributed by atoms with E-state index in [-0.39, 0.29) is 6.10 Å². The van der Waals surface area contributed by atoms with Crippen LogP contribution in [0.2, 0.25) is 0 Å². The molecule has 2 aliphatic rings. The molecule has 2 aliphatic heterocycles. The van der Waals surface area contributed by atoms with Gasteiger partial charge in [-0.2, -0.15) is 0 Å². The van der Waals surface area contributed by atoms with Crippen molar-refractivity contribution in [1.82, 2.24) is 20.7 Å². The van der Waals surface area contributed by atoms with E-state index in [1.54, 1.807) is 0 Å². The number of hydrogen-bond acceptors (Lipinski definition) is 8. The second-order valence-electron chi connectivity index (χ2n) is 6.41. The van der Waals surface area contributed by atoms with Crippen LogP contribution in [0.15, 0.2) is 12.2 Å². The Kier molecular flexibility index (Phi) is 12.6. The minimum atomic E-state index is -1.26. The number of carboxylic acids is 2. The van der Waals surface area contributed by atoms with Gasteiger partial charge in [-0.3, -0.25) is 20.7 Å². The van der Waals surface area contributed by atoms with Crippen LogP contribution in [0, 0.1) is 0 Å². The zero-order chi connectivity index (χ0) is 19.9. The highest BCUT2D eigenvalue weighted by Gasteiger charge is 2.16. The standard InChI is InChI=1S/C13H28N4O2.C4H4O4/c18-13-2-1-5-17(12-13)7-4-15-14-3-6-16-8-10-19-11-9-16;5-3(6)1-2-4(7)8/h13-15,18H,1-12H2;1-2H,(H,5,6)(H,7,8)/b;2-1-. The maximum Gasteiger partial charge on any atom is 0.328 e. The summed E-state index contributed by atoms with van der Waals surface area (Å²) >= 11 is 0. The fourth-order valence-electron chi connectivity index (χ4n) is 2.81. The van der Waals surface area contributed by atoms with Crippen LogP contribution in [0.4, 0.5) is 0 Å². The van der Waals surface area contributed by atoms with Crippen molar-refractivity contribution >= 4 is 11.9 Å². The van der Waals surface area contributed by atoms with Gasteiger partial charge in [-0.1, -0.05) is 0 Å². The molecule has 0 bridgehead atoms. The molecule has 156 valence electrons. The average Bonchev–Trinajstić information content (AvgIpc) is 2.64. The molecular weight excluding hydrogens is 356 g/mol. The maximum atomic E-state index is 9.57. The Bertz CT molecular complexity index is 441. The minimum Gasteiger partial charge on any atom is -0.478 e. The summed E-state index contributed by atoms with van der Waals surface area (Å²) < 4.78 is 5.32. The van der Waals surface area contributed by atoms with Crippen LogP contribution in [-0.2, 0) is 14.3 Å². The summed E-state index contributed by atoms with van der Waals surface area (Å²) in [5, 5.41) is 25.2. The molecule has 2 fully saturated rings. The Labute approximate surface area is 159 Å². The highest BCUT2D eigenvalue weighted by Crippen LogP contribution is 2.08. The molecule has 0 aromatic rings. The summed E-state index contributed by atoms with van der Waals surface area (Å²) in [5.41, 5.74) is 6.52. The van der Waals surface area contributed by atoms with Crippen molar-refractivity contribution in [1.29, 1.82) is 0 Å². The lowest BCUT2D eigenvalue weighted by atomic mass is 10.1. The summed E-state index contributed by atoms with van der Waals surface area (Å²) in [7, 11) is 0. The number of aliphatic hydroxyl groups excluding tert-OH is 1. The minimum absolute atomic E-state index is 0.122. The first-order valence-corrected chi connectivity index (χ1v) is 9.27. The molecule has 0 spiro atoms. The molecule has 10 nitrogen and oxygen atoms in total. The predicted molar refractivity (Wildman–Crippen MR) is 99.4 cm³/mol. The summed E-state index contributed by atoms with van der Waals surface area (Å²) in [6, 6.07) is 0. The van der Waals surface area contributed by atoms with Crippen molar-refractivity contribution in [3.8, 4) is 0 Å². The van der Waals surface area contributed by atoms with E-state index < -0.39 is 11.9 Å². The van der Waals surface area contributed by atoms with Gasteiger partial charge < -0.3 is 20.1 Å². The number of hydrogen-bond donors (Lipinski definition) is 5. The van der Waals surface area contributed by atoms with E-state index in [0.29, 0.717) is 12.2 Å². The SMILES string of the molecule is O=C(O)/C=C\C(=O)O.OC1CCCN(CCNNCCN2CCOCC2)C1. The van der Waals surface area contributed by atoms with Gasteiger partial charge in [-0.15, -0.1) is 0 Å². The second kappa shape index (κ2) is 14.5. The van der Waals surface area contributed by atoms with Gasteiger partial charge in [0.2, 0.25) is 0 Å². The normalized spacial score (nSPS) is 21.6. The lowest BCUT2D eigenvalue weighted by molar-refractivity contribution is -0.134. The number of hydrazine groups is 1. The van der Waals surface area contributed by atoms with Gasteiger partial charge >= 0.3 is 11.9 Å². The Morgan fingerprint density at radius 2 is 1.52 bits per heavy atom. The number of aliphatic carboxylic acids is 2. The number of β-amino-alcohol motifs (C(OH)–C–C–N with tert-alkyl or cyclic N) is 1. The average molecular weight is 388 g/mol. The molecule has 1 unspecified atom stereocenters. The van der Waals surface area contributed by atoms with Crippen molar-refractivity contribution in [2.45, 2.75) is 18.9 Å². The molecule has 2 rings (SSSR count). The van der Waals surface area contributed by atoms with Gasteiger partial charge in [0.05, 0.1) is 19.3 Å². The number of nitrogens with one attached hydrogen (secondary N) is 2. The molecule has 1 atom stereocenters. The molecular formula is C17H32N4O6. The summed E-state index contributed by atoms with van der Waals surface area (Å²) in [6.45, 7) is 9.73. The van der Waals surface area contributed by atoms with Crippen molar-refractivity contribution in [2.75, 3.05) is 65.6 Å². The van der Waals surface area contributed by atoms with Crippen LogP contribution in [0.1, 0.15) is 12.8 Å². The summed E-state index contributed by atoms with van der Waals surface area (Å²) in [5.74, 6) is -2.51. The molecule has 0 aliphatic carbocycles. The second-order valence-corrected chi connectivity index (χ2v) is 6.41. The number of ether oxygens (including phenoxy) is 1.